The maximum absolute atomic E-state index is 10.9. The van der Waals surface area contributed by atoms with Crippen molar-refractivity contribution in [2.75, 3.05) is 0 Å². The monoisotopic (exact) mass is 155 g/mol. The summed E-state index contributed by atoms with van der Waals surface area (Å²) in [4.78, 5) is 14.4. The number of aryl methyl sites for hydroxylation is 1. The van der Waals surface area contributed by atoms with Gasteiger partial charge in [-0.1, -0.05) is 0 Å². The van der Waals surface area contributed by atoms with E-state index in [4.69, 9.17) is 0 Å². The molecule has 0 aliphatic carbocycles. The molecule has 3 nitrogen and oxygen atoms in total. The van der Waals surface area contributed by atoms with Crippen LogP contribution in [-0.2, 0) is 6.54 Å². The van der Waals surface area contributed by atoms with Crippen LogP contribution in [0.1, 0.15) is 6.92 Å². The van der Waals surface area contributed by atoms with Gasteiger partial charge in [-0.05, 0) is 6.92 Å². The minimum Gasteiger partial charge on any atom is -0.299 e. The summed E-state index contributed by atoms with van der Waals surface area (Å²) in [5.41, 5.74) is -0.272. The van der Waals surface area contributed by atoms with Crippen LogP contribution in [0.15, 0.2) is 16.0 Å². The molecular weight excluding hydrogens is 148 g/mol. The molecule has 0 saturated carbocycles. The van der Waals surface area contributed by atoms with E-state index in [9.17, 15) is 4.79 Å². The zero-order valence-corrected chi connectivity index (χ0v) is 6.43. The van der Waals surface area contributed by atoms with Crippen LogP contribution in [0.3, 0.4) is 0 Å². The van der Waals surface area contributed by atoms with E-state index in [-0.39, 0.29) is 5.69 Å². The van der Waals surface area contributed by atoms with Crippen LogP contribution in [0.5, 0.6) is 0 Å². The average molecular weight is 155 g/mol. The van der Waals surface area contributed by atoms with Gasteiger partial charge in [0.15, 0.2) is 0 Å². The lowest BCUT2D eigenvalue weighted by Gasteiger charge is -1.97. The zero-order chi connectivity index (χ0) is 7.56. The minimum atomic E-state index is -0.272. The first-order valence-electron chi connectivity index (χ1n) is 2.92. The Bertz CT molecular complexity index is 281. The predicted molar refractivity (Wildman–Crippen MR) is 40.3 cm³/mol. The van der Waals surface area contributed by atoms with Crippen LogP contribution >= 0.6 is 12.6 Å². The van der Waals surface area contributed by atoms with Crippen LogP contribution in [0.2, 0.25) is 0 Å². The Hall–Kier alpha value is -0.770. The van der Waals surface area contributed by atoms with Gasteiger partial charge < -0.3 is 0 Å². The third kappa shape index (κ3) is 1.39. The summed E-state index contributed by atoms with van der Waals surface area (Å²) in [5, 5.41) is 0.342. The topological polar surface area (TPSA) is 34.9 Å². The van der Waals surface area contributed by atoms with Crippen LogP contribution in [0.4, 0.5) is 0 Å². The number of rotatable bonds is 1. The summed E-state index contributed by atoms with van der Waals surface area (Å²) in [6.07, 6.45) is 1.55. The van der Waals surface area contributed by atoms with E-state index in [0.717, 1.165) is 0 Å². The van der Waals surface area contributed by atoms with Crippen molar-refractivity contribution in [2.45, 2.75) is 18.5 Å². The third-order valence-corrected chi connectivity index (χ3v) is 1.37. The molecule has 0 aliphatic heterocycles. The zero-order valence-electron chi connectivity index (χ0n) is 5.53. The first-order valence-corrected chi connectivity index (χ1v) is 3.37. The van der Waals surface area contributed by atoms with Crippen LogP contribution < -0.4 is 5.69 Å². The Kier molecular flexibility index (Phi) is 2.11. The van der Waals surface area contributed by atoms with Gasteiger partial charge in [-0.2, -0.15) is 4.98 Å². The molecule has 0 bridgehead atoms. The van der Waals surface area contributed by atoms with Crippen LogP contribution in [0.25, 0.3) is 0 Å². The Balaban J connectivity index is 3.20. The molecule has 0 amide bonds. The lowest BCUT2D eigenvalue weighted by Crippen LogP contribution is -2.21. The molecule has 10 heavy (non-hydrogen) atoms. The van der Waals surface area contributed by atoms with Crippen LogP contribution in [0, 0.1) is 6.07 Å². The summed E-state index contributed by atoms with van der Waals surface area (Å²) in [5.74, 6) is 0. The van der Waals surface area contributed by atoms with Crippen LogP contribution in [-0.4, -0.2) is 9.55 Å². The Labute approximate surface area is 64.1 Å². The van der Waals surface area contributed by atoms with E-state index in [1.807, 2.05) is 6.92 Å². The van der Waals surface area contributed by atoms with Gasteiger partial charge in [0, 0.05) is 18.8 Å². The highest BCUT2D eigenvalue weighted by molar-refractivity contribution is 7.80. The molecule has 0 unspecified atom stereocenters. The van der Waals surface area contributed by atoms with Crippen molar-refractivity contribution in [1.82, 2.24) is 9.55 Å². The van der Waals surface area contributed by atoms with E-state index >= 15 is 0 Å². The molecule has 1 rings (SSSR count). The number of thiol groups is 1. The van der Waals surface area contributed by atoms with E-state index < -0.39 is 0 Å². The van der Waals surface area contributed by atoms with Crippen molar-refractivity contribution < 1.29 is 0 Å². The minimum absolute atomic E-state index is 0.272. The summed E-state index contributed by atoms with van der Waals surface area (Å²) < 4.78 is 1.46. The van der Waals surface area contributed by atoms with E-state index in [1.165, 1.54) is 4.57 Å². The van der Waals surface area contributed by atoms with Gasteiger partial charge in [0.05, 0.1) is 0 Å². The molecule has 0 aliphatic rings. The molecular formula is C6H7N2OS. The van der Waals surface area contributed by atoms with Gasteiger partial charge in [0.2, 0.25) is 0 Å². The SMILES string of the molecule is CCn1c[c]c(S)nc1=O. The molecule has 1 aromatic heterocycles. The number of hydrogen-bond acceptors (Lipinski definition) is 3. The van der Waals surface area contributed by atoms with Gasteiger partial charge in [-0.3, -0.25) is 4.57 Å². The standard InChI is InChI=1S/C6H7N2OS/c1-2-8-4-3-5(10)7-6(8)9/h4H,2H2,1H3,(H,7,9,10). The van der Waals surface area contributed by atoms with Gasteiger partial charge in [-0.15, -0.1) is 12.6 Å². The Morgan fingerprint density at radius 2 is 2.60 bits per heavy atom. The summed E-state index contributed by atoms with van der Waals surface area (Å²) in [6.45, 7) is 2.49. The molecule has 0 N–H and O–H groups in total. The van der Waals surface area contributed by atoms with Gasteiger partial charge in [0.25, 0.3) is 0 Å². The lowest BCUT2D eigenvalue weighted by molar-refractivity contribution is 0.682. The predicted octanol–water partition coefficient (Wildman–Crippen LogP) is 0.352. The maximum atomic E-state index is 10.9. The molecule has 0 fully saturated rings. The quantitative estimate of drug-likeness (QED) is 0.469. The molecule has 0 aromatic carbocycles. The van der Waals surface area contributed by atoms with Crippen molar-refractivity contribution in [3.8, 4) is 0 Å². The van der Waals surface area contributed by atoms with Crippen molar-refractivity contribution in [3.63, 3.8) is 0 Å². The van der Waals surface area contributed by atoms with E-state index in [0.29, 0.717) is 11.6 Å². The largest absolute Gasteiger partial charge is 0.348 e. The normalized spacial score (nSPS) is 9.80. The smallest absolute Gasteiger partial charge is 0.299 e. The second kappa shape index (κ2) is 2.88. The van der Waals surface area contributed by atoms with Crippen molar-refractivity contribution in [2.24, 2.45) is 0 Å². The molecule has 53 valence electrons. The number of nitrogens with zero attached hydrogens (tertiary/aromatic N) is 2. The summed E-state index contributed by atoms with van der Waals surface area (Å²) >= 11 is 3.86. The summed E-state index contributed by atoms with van der Waals surface area (Å²) in [6, 6.07) is 2.71. The fourth-order valence-electron chi connectivity index (χ4n) is 0.605. The highest BCUT2D eigenvalue weighted by Gasteiger charge is 1.92. The van der Waals surface area contributed by atoms with Crippen molar-refractivity contribution in [3.05, 3.63) is 22.7 Å². The molecule has 0 spiro atoms. The fraction of sp³-hybridized carbons (Fsp3) is 0.333. The Morgan fingerprint density at radius 1 is 1.90 bits per heavy atom. The maximum Gasteiger partial charge on any atom is 0.348 e. The first kappa shape index (κ1) is 7.34. The molecule has 0 saturated heterocycles. The first-order chi connectivity index (χ1) is 4.74. The number of hydrogen-bond donors (Lipinski definition) is 1. The molecule has 4 heteroatoms. The van der Waals surface area contributed by atoms with Gasteiger partial charge in [0.1, 0.15) is 5.03 Å². The average Bonchev–Trinajstić information content (AvgIpc) is 1.88. The highest BCUT2D eigenvalue weighted by atomic mass is 32.1. The molecule has 1 radical (unpaired) electrons. The fourth-order valence-corrected chi connectivity index (χ4v) is 0.748. The Morgan fingerprint density at radius 3 is 3.10 bits per heavy atom. The lowest BCUT2D eigenvalue weighted by atomic mass is 10.6. The third-order valence-electron chi connectivity index (χ3n) is 1.14. The van der Waals surface area contributed by atoms with E-state index in [2.05, 4.69) is 23.7 Å². The molecule has 0 atom stereocenters. The van der Waals surface area contributed by atoms with E-state index in [1.54, 1.807) is 6.20 Å². The second-order valence-electron chi connectivity index (χ2n) is 1.78. The molecule has 1 aromatic rings. The molecule has 1 heterocycles. The number of aromatic nitrogens is 2. The van der Waals surface area contributed by atoms with Crippen molar-refractivity contribution >= 4 is 12.6 Å². The van der Waals surface area contributed by atoms with Gasteiger partial charge >= 0.3 is 5.69 Å². The van der Waals surface area contributed by atoms with Crippen molar-refractivity contribution in [1.29, 1.82) is 0 Å². The van der Waals surface area contributed by atoms with Gasteiger partial charge in [-0.25, -0.2) is 4.79 Å². The second-order valence-corrected chi connectivity index (χ2v) is 2.20. The summed E-state index contributed by atoms with van der Waals surface area (Å²) in [7, 11) is 0. The highest BCUT2D eigenvalue weighted by Crippen LogP contribution is 1.92.